The Morgan fingerprint density at radius 3 is 2.47 bits per heavy atom. The van der Waals surface area contributed by atoms with E-state index in [9.17, 15) is 4.79 Å². The SMILES string of the molecule is CCOCC(C(C)C)N1C(=O)C(CC)NC1C. The molecule has 3 atom stereocenters. The summed E-state index contributed by atoms with van der Waals surface area (Å²) in [6.45, 7) is 11.7. The van der Waals surface area contributed by atoms with E-state index < -0.39 is 0 Å². The monoisotopic (exact) mass is 242 g/mol. The van der Waals surface area contributed by atoms with E-state index in [2.05, 4.69) is 26.1 Å². The molecule has 4 heteroatoms. The van der Waals surface area contributed by atoms with Crippen molar-refractivity contribution in [2.45, 2.75) is 59.3 Å². The Hall–Kier alpha value is -0.610. The van der Waals surface area contributed by atoms with E-state index in [0.717, 1.165) is 6.42 Å². The van der Waals surface area contributed by atoms with Crippen LogP contribution >= 0.6 is 0 Å². The number of ether oxygens (including phenoxy) is 1. The molecule has 0 aromatic heterocycles. The third-order valence-corrected chi connectivity index (χ3v) is 3.44. The van der Waals surface area contributed by atoms with Crippen molar-refractivity contribution < 1.29 is 9.53 Å². The molecule has 1 N–H and O–H groups in total. The van der Waals surface area contributed by atoms with Crippen molar-refractivity contribution in [1.82, 2.24) is 10.2 Å². The van der Waals surface area contributed by atoms with Gasteiger partial charge in [0.15, 0.2) is 0 Å². The number of hydrogen-bond acceptors (Lipinski definition) is 3. The number of amides is 1. The van der Waals surface area contributed by atoms with Crippen LogP contribution in [0.5, 0.6) is 0 Å². The summed E-state index contributed by atoms with van der Waals surface area (Å²) >= 11 is 0. The second kappa shape index (κ2) is 6.36. The van der Waals surface area contributed by atoms with Crippen molar-refractivity contribution in [3.8, 4) is 0 Å². The van der Waals surface area contributed by atoms with Gasteiger partial charge in [0.05, 0.1) is 24.9 Å². The van der Waals surface area contributed by atoms with Gasteiger partial charge in [-0.1, -0.05) is 20.8 Å². The minimum atomic E-state index is -0.0205. The molecule has 0 bridgehead atoms. The molecule has 100 valence electrons. The van der Waals surface area contributed by atoms with Crippen LogP contribution < -0.4 is 5.32 Å². The van der Waals surface area contributed by atoms with E-state index in [4.69, 9.17) is 4.74 Å². The lowest BCUT2D eigenvalue weighted by atomic mass is 10.0. The van der Waals surface area contributed by atoms with Crippen molar-refractivity contribution in [2.24, 2.45) is 5.92 Å². The highest BCUT2D eigenvalue weighted by molar-refractivity contribution is 5.84. The van der Waals surface area contributed by atoms with Crippen LogP contribution in [0.1, 0.15) is 41.0 Å². The van der Waals surface area contributed by atoms with Gasteiger partial charge in [-0.25, -0.2) is 0 Å². The second-order valence-electron chi connectivity index (χ2n) is 5.02. The van der Waals surface area contributed by atoms with Gasteiger partial charge in [0, 0.05) is 6.61 Å². The van der Waals surface area contributed by atoms with Crippen LogP contribution in [0.3, 0.4) is 0 Å². The van der Waals surface area contributed by atoms with Crippen LogP contribution in [-0.4, -0.2) is 42.3 Å². The van der Waals surface area contributed by atoms with Gasteiger partial charge in [-0.2, -0.15) is 0 Å². The smallest absolute Gasteiger partial charge is 0.241 e. The molecule has 0 spiro atoms. The molecular formula is C13H26N2O2. The normalized spacial score (nSPS) is 26.9. The van der Waals surface area contributed by atoms with Crippen molar-refractivity contribution in [3.63, 3.8) is 0 Å². The number of carbonyl (C=O) groups excluding carboxylic acids is 1. The molecule has 0 radical (unpaired) electrons. The summed E-state index contributed by atoms with van der Waals surface area (Å²) < 4.78 is 5.51. The van der Waals surface area contributed by atoms with Crippen LogP contribution in [-0.2, 0) is 9.53 Å². The number of rotatable bonds is 6. The van der Waals surface area contributed by atoms with Gasteiger partial charge in [0.25, 0.3) is 0 Å². The summed E-state index contributed by atoms with van der Waals surface area (Å²) in [6, 6.07) is 0.148. The molecule has 1 heterocycles. The molecule has 1 amide bonds. The standard InChI is InChI=1S/C13H26N2O2/c1-6-11-13(16)15(10(5)14-11)12(9(3)4)8-17-7-2/h9-12,14H,6-8H2,1-5H3. The first-order chi connectivity index (χ1) is 8.02. The van der Waals surface area contributed by atoms with Crippen LogP contribution in [0.25, 0.3) is 0 Å². The predicted molar refractivity (Wildman–Crippen MR) is 68.6 cm³/mol. The minimum absolute atomic E-state index is 0.0205. The average molecular weight is 242 g/mol. The summed E-state index contributed by atoms with van der Waals surface area (Å²) in [5.74, 6) is 0.628. The van der Waals surface area contributed by atoms with E-state index in [-0.39, 0.29) is 24.2 Å². The maximum atomic E-state index is 12.3. The Balaban J connectivity index is 2.75. The number of nitrogens with zero attached hydrogens (tertiary/aromatic N) is 1. The van der Waals surface area contributed by atoms with Crippen molar-refractivity contribution in [3.05, 3.63) is 0 Å². The third kappa shape index (κ3) is 3.19. The highest BCUT2D eigenvalue weighted by Gasteiger charge is 2.40. The summed E-state index contributed by atoms with van der Waals surface area (Å²) in [7, 11) is 0. The molecule has 17 heavy (non-hydrogen) atoms. The Morgan fingerprint density at radius 1 is 1.41 bits per heavy atom. The fourth-order valence-electron chi connectivity index (χ4n) is 2.39. The van der Waals surface area contributed by atoms with Gasteiger partial charge in [-0.3, -0.25) is 10.1 Å². The highest BCUT2D eigenvalue weighted by Crippen LogP contribution is 2.21. The summed E-state index contributed by atoms with van der Waals surface area (Å²) in [6.07, 6.45) is 0.958. The van der Waals surface area contributed by atoms with Gasteiger partial charge in [-0.15, -0.1) is 0 Å². The zero-order valence-electron chi connectivity index (χ0n) is 11.7. The topological polar surface area (TPSA) is 41.6 Å². The van der Waals surface area contributed by atoms with Gasteiger partial charge in [-0.05, 0) is 26.2 Å². The van der Waals surface area contributed by atoms with Crippen LogP contribution in [0, 0.1) is 5.92 Å². The first kappa shape index (κ1) is 14.5. The third-order valence-electron chi connectivity index (χ3n) is 3.44. The van der Waals surface area contributed by atoms with Gasteiger partial charge < -0.3 is 9.64 Å². The number of hydrogen-bond donors (Lipinski definition) is 1. The fraction of sp³-hybridized carbons (Fsp3) is 0.923. The minimum Gasteiger partial charge on any atom is -0.380 e. The molecule has 1 saturated heterocycles. The summed E-state index contributed by atoms with van der Waals surface area (Å²) in [5, 5.41) is 3.34. The molecule has 0 aliphatic carbocycles. The maximum Gasteiger partial charge on any atom is 0.241 e. The molecule has 0 saturated carbocycles. The Bertz CT molecular complexity index is 256. The molecule has 1 fully saturated rings. The van der Waals surface area contributed by atoms with Crippen molar-refractivity contribution in [2.75, 3.05) is 13.2 Å². The Kier molecular flexibility index (Phi) is 5.40. The lowest BCUT2D eigenvalue weighted by Gasteiger charge is -2.33. The number of carbonyl (C=O) groups is 1. The van der Waals surface area contributed by atoms with Crippen LogP contribution in [0.15, 0.2) is 0 Å². The largest absolute Gasteiger partial charge is 0.380 e. The molecule has 1 aliphatic heterocycles. The van der Waals surface area contributed by atoms with Crippen molar-refractivity contribution >= 4 is 5.91 Å². The van der Waals surface area contributed by atoms with E-state index >= 15 is 0 Å². The first-order valence-electron chi connectivity index (χ1n) is 6.68. The quantitative estimate of drug-likeness (QED) is 0.769. The molecule has 1 rings (SSSR count). The van der Waals surface area contributed by atoms with Gasteiger partial charge in [0.2, 0.25) is 5.91 Å². The van der Waals surface area contributed by atoms with E-state index in [0.29, 0.717) is 19.1 Å². The lowest BCUT2D eigenvalue weighted by Crippen LogP contribution is -2.48. The maximum absolute atomic E-state index is 12.3. The molecule has 1 aliphatic rings. The van der Waals surface area contributed by atoms with E-state index in [1.54, 1.807) is 0 Å². The van der Waals surface area contributed by atoms with Crippen molar-refractivity contribution in [1.29, 1.82) is 0 Å². The Labute approximate surface area is 105 Å². The van der Waals surface area contributed by atoms with Gasteiger partial charge in [0.1, 0.15) is 0 Å². The van der Waals surface area contributed by atoms with Crippen LogP contribution in [0.2, 0.25) is 0 Å². The zero-order chi connectivity index (χ0) is 13.0. The fourth-order valence-corrected chi connectivity index (χ4v) is 2.39. The van der Waals surface area contributed by atoms with E-state index in [1.807, 2.05) is 18.7 Å². The van der Waals surface area contributed by atoms with E-state index in [1.165, 1.54) is 0 Å². The molecule has 4 nitrogen and oxygen atoms in total. The highest BCUT2D eigenvalue weighted by atomic mass is 16.5. The molecular weight excluding hydrogens is 216 g/mol. The van der Waals surface area contributed by atoms with Gasteiger partial charge >= 0.3 is 0 Å². The average Bonchev–Trinajstić information content (AvgIpc) is 2.56. The summed E-state index contributed by atoms with van der Waals surface area (Å²) in [4.78, 5) is 14.2. The zero-order valence-corrected chi connectivity index (χ0v) is 11.7. The predicted octanol–water partition coefficient (Wildman–Crippen LogP) is 1.60. The molecule has 0 aromatic carbocycles. The lowest BCUT2D eigenvalue weighted by molar-refractivity contribution is -0.134. The number of nitrogens with one attached hydrogen (secondary N) is 1. The second-order valence-corrected chi connectivity index (χ2v) is 5.02. The molecule has 0 aromatic rings. The Morgan fingerprint density at radius 2 is 2.06 bits per heavy atom. The first-order valence-corrected chi connectivity index (χ1v) is 6.68. The van der Waals surface area contributed by atoms with Crippen LogP contribution in [0.4, 0.5) is 0 Å². The summed E-state index contributed by atoms with van der Waals surface area (Å²) in [5.41, 5.74) is 0. The molecule has 3 unspecified atom stereocenters.